The van der Waals surface area contributed by atoms with Gasteiger partial charge in [0.15, 0.2) is 6.29 Å². The van der Waals surface area contributed by atoms with Crippen LogP contribution in [-0.2, 0) is 14.2 Å². The zero-order chi connectivity index (χ0) is 11.9. The van der Waals surface area contributed by atoms with Crippen LogP contribution in [0.15, 0.2) is 0 Å². The lowest BCUT2D eigenvalue weighted by molar-refractivity contribution is -0.175. The van der Waals surface area contributed by atoms with Crippen LogP contribution in [0.25, 0.3) is 0 Å². The van der Waals surface area contributed by atoms with Gasteiger partial charge in [-0.1, -0.05) is 0 Å². The summed E-state index contributed by atoms with van der Waals surface area (Å²) in [5.74, 6) is 0. The number of nitrogens with zero attached hydrogens (tertiary/aromatic N) is 1. The Morgan fingerprint density at radius 3 is 2.59 bits per heavy atom. The van der Waals surface area contributed by atoms with Crippen molar-refractivity contribution in [2.24, 2.45) is 0 Å². The summed E-state index contributed by atoms with van der Waals surface area (Å²) in [5, 5.41) is 3.47. The van der Waals surface area contributed by atoms with E-state index in [0.717, 1.165) is 59.0 Å². The first-order valence-corrected chi connectivity index (χ1v) is 6.61. The standard InChI is InChI=1S/C12H24N2O3/c1-11(10-14-3-7-15-8-4-14)13-9-12-16-5-2-6-17-12/h11-13H,2-10H2,1H3. The normalized spacial score (nSPS) is 25.9. The predicted molar refractivity (Wildman–Crippen MR) is 65.0 cm³/mol. The Morgan fingerprint density at radius 2 is 1.88 bits per heavy atom. The number of morpholine rings is 1. The van der Waals surface area contributed by atoms with Gasteiger partial charge in [0.05, 0.1) is 26.4 Å². The topological polar surface area (TPSA) is 43.0 Å². The minimum atomic E-state index is -0.0594. The summed E-state index contributed by atoms with van der Waals surface area (Å²) in [4.78, 5) is 2.43. The van der Waals surface area contributed by atoms with Gasteiger partial charge in [0.25, 0.3) is 0 Å². The van der Waals surface area contributed by atoms with Crippen LogP contribution in [0, 0.1) is 0 Å². The van der Waals surface area contributed by atoms with Crippen LogP contribution in [0.3, 0.4) is 0 Å². The molecule has 2 rings (SSSR count). The highest BCUT2D eigenvalue weighted by atomic mass is 16.7. The molecule has 0 aromatic heterocycles. The van der Waals surface area contributed by atoms with Crippen molar-refractivity contribution < 1.29 is 14.2 Å². The Morgan fingerprint density at radius 1 is 1.18 bits per heavy atom. The van der Waals surface area contributed by atoms with Gasteiger partial charge in [-0.3, -0.25) is 4.90 Å². The van der Waals surface area contributed by atoms with Crippen molar-refractivity contribution in [2.45, 2.75) is 25.7 Å². The smallest absolute Gasteiger partial charge is 0.169 e. The van der Waals surface area contributed by atoms with Crippen molar-refractivity contribution in [1.82, 2.24) is 10.2 Å². The van der Waals surface area contributed by atoms with Crippen molar-refractivity contribution in [3.63, 3.8) is 0 Å². The summed E-state index contributed by atoms with van der Waals surface area (Å²) in [5.41, 5.74) is 0. The minimum Gasteiger partial charge on any atom is -0.379 e. The Hall–Kier alpha value is -0.200. The number of hydrogen-bond donors (Lipinski definition) is 1. The Bertz CT molecular complexity index is 204. The van der Waals surface area contributed by atoms with Crippen LogP contribution in [0.4, 0.5) is 0 Å². The molecule has 0 spiro atoms. The highest BCUT2D eigenvalue weighted by Crippen LogP contribution is 2.04. The van der Waals surface area contributed by atoms with E-state index in [-0.39, 0.29) is 6.29 Å². The summed E-state index contributed by atoms with van der Waals surface area (Å²) in [6.07, 6.45) is 0.954. The van der Waals surface area contributed by atoms with Gasteiger partial charge < -0.3 is 19.5 Å². The van der Waals surface area contributed by atoms with Crippen molar-refractivity contribution in [3.8, 4) is 0 Å². The Kier molecular flexibility index (Phi) is 5.67. The molecule has 0 aliphatic carbocycles. The zero-order valence-corrected chi connectivity index (χ0v) is 10.7. The number of hydrogen-bond acceptors (Lipinski definition) is 5. The number of nitrogens with one attached hydrogen (secondary N) is 1. The van der Waals surface area contributed by atoms with Gasteiger partial charge in [0.1, 0.15) is 0 Å². The third kappa shape index (κ3) is 4.89. The first kappa shape index (κ1) is 13.2. The lowest BCUT2D eigenvalue weighted by atomic mass is 10.3. The molecular formula is C12H24N2O3. The predicted octanol–water partition coefficient (Wildman–Crippen LogP) is 0.0597. The van der Waals surface area contributed by atoms with Gasteiger partial charge >= 0.3 is 0 Å². The highest BCUT2D eigenvalue weighted by Gasteiger charge is 2.17. The van der Waals surface area contributed by atoms with Crippen LogP contribution in [0.1, 0.15) is 13.3 Å². The molecule has 5 heteroatoms. The monoisotopic (exact) mass is 244 g/mol. The average molecular weight is 244 g/mol. The summed E-state index contributed by atoms with van der Waals surface area (Å²) in [6, 6.07) is 0.460. The van der Waals surface area contributed by atoms with E-state index >= 15 is 0 Å². The molecule has 2 aliphatic rings. The quantitative estimate of drug-likeness (QED) is 0.741. The molecule has 0 aromatic carbocycles. The van der Waals surface area contributed by atoms with E-state index in [1.165, 1.54) is 0 Å². The molecule has 0 aromatic rings. The second-order valence-corrected chi connectivity index (χ2v) is 4.75. The lowest BCUT2D eigenvalue weighted by Gasteiger charge is -2.30. The number of rotatable bonds is 5. The molecule has 0 bridgehead atoms. The van der Waals surface area contributed by atoms with Crippen LogP contribution in [-0.4, -0.2) is 69.8 Å². The van der Waals surface area contributed by atoms with Crippen molar-refractivity contribution >= 4 is 0 Å². The van der Waals surface area contributed by atoms with Crippen LogP contribution < -0.4 is 5.32 Å². The van der Waals surface area contributed by atoms with Crippen molar-refractivity contribution in [3.05, 3.63) is 0 Å². The zero-order valence-electron chi connectivity index (χ0n) is 10.7. The Balaban J connectivity index is 1.57. The molecule has 100 valence electrons. The molecule has 0 amide bonds. The van der Waals surface area contributed by atoms with Gasteiger partial charge in [0, 0.05) is 32.2 Å². The molecular weight excluding hydrogens is 220 g/mol. The SMILES string of the molecule is CC(CN1CCOCC1)NCC1OCCCO1. The Labute approximate surface area is 103 Å². The summed E-state index contributed by atoms with van der Waals surface area (Å²) >= 11 is 0. The molecule has 1 N–H and O–H groups in total. The fourth-order valence-electron chi connectivity index (χ4n) is 2.19. The first-order chi connectivity index (χ1) is 8.34. The third-order valence-corrected chi connectivity index (χ3v) is 3.16. The average Bonchev–Trinajstić information content (AvgIpc) is 2.39. The van der Waals surface area contributed by atoms with E-state index in [1.807, 2.05) is 0 Å². The summed E-state index contributed by atoms with van der Waals surface area (Å²) in [6.45, 7) is 9.52. The summed E-state index contributed by atoms with van der Waals surface area (Å²) < 4.78 is 16.3. The fraction of sp³-hybridized carbons (Fsp3) is 1.00. The molecule has 2 fully saturated rings. The molecule has 0 radical (unpaired) electrons. The van der Waals surface area contributed by atoms with Gasteiger partial charge in [-0.05, 0) is 13.3 Å². The summed E-state index contributed by atoms with van der Waals surface area (Å²) in [7, 11) is 0. The molecule has 5 nitrogen and oxygen atoms in total. The minimum absolute atomic E-state index is 0.0594. The van der Waals surface area contributed by atoms with E-state index in [2.05, 4.69) is 17.1 Å². The third-order valence-electron chi connectivity index (χ3n) is 3.16. The highest BCUT2D eigenvalue weighted by molar-refractivity contribution is 4.70. The van der Waals surface area contributed by atoms with Crippen molar-refractivity contribution in [2.75, 3.05) is 52.6 Å². The van der Waals surface area contributed by atoms with E-state index in [4.69, 9.17) is 14.2 Å². The second kappa shape index (κ2) is 7.28. The maximum Gasteiger partial charge on any atom is 0.169 e. The molecule has 1 unspecified atom stereocenters. The lowest BCUT2D eigenvalue weighted by Crippen LogP contribution is -2.47. The largest absolute Gasteiger partial charge is 0.379 e. The molecule has 1 atom stereocenters. The van der Waals surface area contributed by atoms with Gasteiger partial charge in [0.2, 0.25) is 0 Å². The van der Waals surface area contributed by atoms with Crippen molar-refractivity contribution in [1.29, 1.82) is 0 Å². The molecule has 2 heterocycles. The molecule has 0 saturated carbocycles. The van der Waals surface area contributed by atoms with Gasteiger partial charge in [-0.15, -0.1) is 0 Å². The second-order valence-electron chi connectivity index (χ2n) is 4.75. The van der Waals surface area contributed by atoms with E-state index in [0.29, 0.717) is 6.04 Å². The van der Waals surface area contributed by atoms with Crippen LogP contribution in [0.5, 0.6) is 0 Å². The van der Waals surface area contributed by atoms with E-state index < -0.39 is 0 Å². The molecule has 17 heavy (non-hydrogen) atoms. The maximum absolute atomic E-state index is 5.50. The maximum atomic E-state index is 5.50. The van der Waals surface area contributed by atoms with E-state index in [1.54, 1.807) is 0 Å². The number of ether oxygens (including phenoxy) is 3. The van der Waals surface area contributed by atoms with E-state index in [9.17, 15) is 0 Å². The molecule has 2 saturated heterocycles. The van der Waals surface area contributed by atoms with Gasteiger partial charge in [-0.25, -0.2) is 0 Å². The fourth-order valence-corrected chi connectivity index (χ4v) is 2.19. The van der Waals surface area contributed by atoms with Crippen LogP contribution in [0.2, 0.25) is 0 Å². The van der Waals surface area contributed by atoms with Gasteiger partial charge in [-0.2, -0.15) is 0 Å². The first-order valence-electron chi connectivity index (χ1n) is 6.61. The molecule has 2 aliphatic heterocycles. The van der Waals surface area contributed by atoms with Crippen LogP contribution >= 0.6 is 0 Å².